The molecule has 0 spiro atoms. The zero-order chi connectivity index (χ0) is 26.8. The van der Waals surface area contributed by atoms with E-state index in [2.05, 4.69) is 27.7 Å². The predicted octanol–water partition coefficient (Wildman–Crippen LogP) is 13.1. The van der Waals surface area contributed by atoms with Gasteiger partial charge in [-0.05, 0) is 50.7 Å². The van der Waals surface area contributed by atoms with E-state index in [1.54, 1.807) is 18.5 Å². The number of hydrogen-bond donors (Lipinski definition) is 1. The molecule has 0 radical (unpaired) electrons. The van der Waals surface area contributed by atoms with Crippen molar-refractivity contribution in [3.8, 4) is 0 Å². The molecule has 0 amide bonds. The van der Waals surface area contributed by atoms with Crippen molar-refractivity contribution in [2.75, 3.05) is 25.0 Å². The normalized spacial score (nSPS) is 10.9. The van der Waals surface area contributed by atoms with Crippen molar-refractivity contribution in [1.29, 1.82) is 0 Å². The largest absolute Gasteiger partial charge is 0.330 e. The maximum atomic E-state index is 5.39. The summed E-state index contributed by atoms with van der Waals surface area (Å²) < 4.78 is 0. The molecule has 0 aliphatic carbocycles. The molecule has 228 valence electrons. The van der Waals surface area contributed by atoms with E-state index in [4.69, 9.17) is 5.73 Å². The van der Waals surface area contributed by atoms with Gasteiger partial charge in [0.2, 0.25) is 0 Å². The molecule has 0 fully saturated rings. The van der Waals surface area contributed by atoms with Crippen LogP contribution in [-0.2, 0) is 0 Å². The van der Waals surface area contributed by atoms with Crippen molar-refractivity contribution in [1.82, 2.24) is 0 Å². The molecule has 0 aromatic rings. The van der Waals surface area contributed by atoms with E-state index < -0.39 is 0 Å². The summed E-state index contributed by atoms with van der Waals surface area (Å²) in [4.78, 5) is 0. The third kappa shape index (κ3) is 41.3. The SMILES string of the molecule is CCCCCCCCCCN.CCCCCCCCP(CCCCCCCC)CCCCCCCC.Cl. The minimum atomic E-state index is 0. The van der Waals surface area contributed by atoms with Crippen LogP contribution in [0.5, 0.6) is 0 Å². The lowest BCUT2D eigenvalue weighted by Crippen LogP contribution is -1.97. The van der Waals surface area contributed by atoms with Gasteiger partial charge in [0.25, 0.3) is 0 Å². The second-order valence-corrected chi connectivity index (χ2v) is 14.1. The van der Waals surface area contributed by atoms with Gasteiger partial charge in [-0.1, -0.05) is 169 Å². The van der Waals surface area contributed by atoms with Gasteiger partial charge in [-0.25, -0.2) is 0 Å². The molecule has 0 rings (SSSR count). The summed E-state index contributed by atoms with van der Waals surface area (Å²) in [6.45, 7) is 10.1. The van der Waals surface area contributed by atoms with Crippen LogP contribution in [0.2, 0.25) is 0 Å². The Morgan fingerprint density at radius 1 is 0.324 bits per heavy atom. The molecule has 0 saturated heterocycles. The summed E-state index contributed by atoms with van der Waals surface area (Å²) in [5, 5.41) is 0. The molecule has 0 heterocycles. The Hall–Kier alpha value is 0.680. The lowest BCUT2D eigenvalue weighted by molar-refractivity contribution is 0.578. The molecule has 0 aromatic carbocycles. The Labute approximate surface area is 245 Å². The van der Waals surface area contributed by atoms with E-state index in [-0.39, 0.29) is 12.4 Å². The molecular formula is C34H75ClNP. The molecule has 0 saturated carbocycles. The lowest BCUT2D eigenvalue weighted by Gasteiger charge is -2.18. The number of unbranched alkanes of at least 4 members (excludes halogenated alkanes) is 22. The van der Waals surface area contributed by atoms with Crippen LogP contribution in [0.3, 0.4) is 0 Å². The topological polar surface area (TPSA) is 26.0 Å². The maximum Gasteiger partial charge on any atom is -0.00773 e. The van der Waals surface area contributed by atoms with Crippen molar-refractivity contribution in [3.63, 3.8) is 0 Å². The summed E-state index contributed by atoms with van der Waals surface area (Å²) in [5.74, 6) is 0. The van der Waals surface area contributed by atoms with Crippen LogP contribution in [0, 0.1) is 0 Å². The van der Waals surface area contributed by atoms with Crippen molar-refractivity contribution in [2.24, 2.45) is 5.73 Å². The van der Waals surface area contributed by atoms with E-state index in [1.165, 1.54) is 167 Å². The van der Waals surface area contributed by atoms with Crippen LogP contribution in [0.25, 0.3) is 0 Å². The van der Waals surface area contributed by atoms with Gasteiger partial charge in [-0.3, -0.25) is 0 Å². The molecule has 2 N–H and O–H groups in total. The fourth-order valence-electron chi connectivity index (χ4n) is 4.96. The zero-order valence-corrected chi connectivity index (χ0v) is 28.4. The fourth-order valence-corrected chi connectivity index (χ4v) is 7.64. The molecule has 1 nitrogen and oxygen atoms in total. The van der Waals surface area contributed by atoms with Gasteiger partial charge in [0.15, 0.2) is 0 Å². The molecule has 0 aliphatic rings. The van der Waals surface area contributed by atoms with Crippen LogP contribution >= 0.6 is 20.3 Å². The van der Waals surface area contributed by atoms with Crippen LogP contribution in [0.4, 0.5) is 0 Å². The van der Waals surface area contributed by atoms with Crippen molar-refractivity contribution in [2.45, 2.75) is 195 Å². The highest BCUT2D eigenvalue weighted by molar-refractivity contribution is 7.57. The number of halogens is 1. The lowest BCUT2D eigenvalue weighted by atomic mass is 10.1. The Bertz CT molecular complexity index is 307. The smallest absolute Gasteiger partial charge is 0.00773 e. The van der Waals surface area contributed by atoms with E-state index in [0.29, 0.717) is 7.92 Å². The van der Waals surface area contributed by atoms with E-state index in [9.17, 15) is 0 Å². The molecule has 3 heteroatoms. The first-order valence-corrected chi connectivity index (χ1v) is 19.1. The number of hydrogen-bond acceptors (Lipinski definition) is 1. The van der Waals surface area contributed by atoms with Crippen molar-refractivity contribution >= 4 is 20.3 Å². The van der Waals surface area contributed by atoms with Crippen molar-refractivity contribution in [3.05, 3.63) is 0 Å². The number of nitrogens with two attached hydrogens (primary N) is 1. The molecule has 0 bridgehead atoms. The average molecular weight is 564 g/mol. The maximum absolute atomic E-state index is 5.39. The monoisotopic (exact) mass is 564 g/mol. The predicted molar refractivity (Wildman–Crippen MR) is 181 cm³/mol. The Kier molecular flexibility index (Phi) is 46.9. The van der Waals surface area contributed by atoms with Gasteiger partial charge < -0.3 is 5.73 Å². The van der Waals surface area contributed by atoms with E-state index >= 15 is 0 Å². The summed E-state index contributed by atoms with van der Waals surface area (Å²) in [7, 11) is 0.366. The van der Waals surface area contributed by atoms with Gasteiger partial charge in [0.1, 0.15) is 0 Å². The van der Waals surface area contributed by atoms with Crippen LogP contribution in [0.1, 0.15) is 195 Å². The summed E-state index contributed by atoms with van der Waals surface area (Å²) in [5.41, 5.74) is 5.39. The minimum Gasteiger partial charge on any atom is -0.330 e. The summed E-state index contributed by atoms with van der Waals surface area (Å²) >= 11 is 0. The molecule has 0 atom stereocenters. The van der Waals surface area contributed by atoms with Gasteiger partial charge in [0.05, 0.1) is 0 Å². The van der Waals surface area contributed by atoms with Gasteiger partial charge in [-0.15, -0.1) is 20.3 Å². The molecule has 0 unspecified atom stereocenters. The van der Waals surface area contributed by atoms with Crippen LogP contribution in [-0.4, -0.2) is 25.0 Å². The standard InChI is InChI=1S/C24H51P.C10H23N.ClH/c1-4-7-10-13-16-19-22-25(23-20-17-14-11-8-5-2)24-21-18-15-12-9-6-3;1-2-3-4-5-6-7-8-9-10-11;/h4-24H2,1-3H3;2-11H2,1H3;1H. The van der Waals surface area contributed by atoms with Crippen LogP contribution in [0.15, 0.2) is 0 Å². The highest BCUT2D eigenvalue weighted by Gasteiger charge is 2.08. The van der Waals surface area contributed by atoms with Crippen LogP contribution < -0.4 is 5.73 Å². The quantitative estimate of drug-likeness (QED) is 0.0710. The second kappa shape index (κ2) is 41.2. The molecule has 37 heavy (non-hydrogen) atoms. The second-order valence-electron chi connectivity index (χ2n) is 11.4. The molecule has 0 aliphatic heterocycles. The zero-order valence-electron chi connectivity index (χ0n) is 26.6. The summed E-state index contributed by atoms with van der Waals surface area (Å²) in [6.07, 6.45) is 42.2. The Morgan fingerprint density at radius 3 is 0.784 bits per heavy atom. The minimum absolute atomic E-state index is 0. The Morgan fingerprint density at radius 2 is 0.541 bits per heavy atom. The van der Waals surface area contributed by atoms with Crippen molar-refractivity contribution < 1.29 is 0 Å². The Balaban J connectivity index is -0.000000811. The number of rotatable bonds is 29. The van der Waals surface area contributed by atoms with Gasteiger partial charge >= 0.3 is 0 Å². The highest BCUT2D eigenvalue weighted by atomic mass is 35.5. The van der Waals surface area contributed by atoms with Gasteiger partial charge in [-0.2, -0.15) is 0 Å². The molecular weight excluding hydrogens is 489 g/mol. The van der Waals surface area contributed by atoms with Gasteiger partial charge in [0, 0.05) is 0 Å². The van der Waals surface area contributed by atoms with E-state index in [0.717, 1.165) is 6.54 Å². The molecule has 0 aromatic heterocycles. The first kappa shape index (κ1) is 42.2. The first-order chi connectivity index (χ1) is 17.8. The third-order valence-electron chi connectivity index (χ3n) is 7.54. The van der Waals surface area contributed by atoms with E-state index in [1.807, 2.05) is 0 Å². The highest BCUT2D eigenvalue weighted by Crippen LogP contribution is 2.39. The fraction of sp³-hybridized carbons (Fsp3) is 1.00. The first-order valence-electron chi connectivity index (χ1n) is 17.2. The summed E-state index contributed by atoms with van der Waals surface area (Å²) in [6, 6.07) is 0. The average Bonchev–Trinajstić information content (AvgIpc) is 2.89. The third-order valence-corrected chi connectivity index (χ3v) is 10.4.